The van der Waals surface area contributed by atoms with Crippen LogP contribution in [0.25, 0.3) is 10.9 Å². The summed E-state index contributed by atoms with van der Waals surface area (Å²) in [6.07, 6.45) is 0. The fourth-order valence-corrected chi connectivity index (χ4v) is 1.72. The highest BCUT2D eigenvalue weighted by molar-refractivity contribution is 5.82. The van der Waals surface area contributed by atoms with Gasteiger partial charge in [-0.1, -0.05) is 13.8 Å². The van der Waals surface area contributed by atoms with Gasteiger partial charge in [0.25, 0.3) is 0 Å². The van der Waals surface area contributed by atoms with Crippen molar-refractivity contribution in [3.63, 3.8) is 0 Å². The molecular weight excluding hydrogens is 205 g/mol. The molecule has 0 atom stereocenters. The molecule has 0 saturated carbocycles. The first-order valence-electron chi connectivity index (χ1n) is 5.31. The summed E-state index contributed by atoms with van der Waals surface area (Å²) in [6, 6.07) is 6.29. The molecule has 1 aromatic carbocycles. The molecule has 3 heteroatoms. The molecule has 1 aromatic heterocycles. The van der Waals surface area contributed by atoms with Gasteiger partial charge in [0.15, 0.2) is 0 Å². The Labute approximate surface area is 93.8 Å². The molecule has 84 valence electrons. The lowest BCUT2D eigenvalue weighted by Crippen LogP contribution is -1.97. The SMILES string of the molecule is CC(C)c1cc(CO)c2cc(F)ccc2n1. The average molecular weight is 219 g/mol. The third-order valence-corrected chi connectivity index (χ3v) is 2.64. The van der Waals surface area contributed by atoms with E-state index in [4.69, 9.17) is 0 Å². The summed E-state index contributed by atoms with van der Waals surface area (Å²) >= 11 is 0. The number of halogens is 1. The molecular formula is C13H14FNO. The molecule has 0 fully saturated rings. The van der Waals surface area contributed by atoms with E-state index in [-0.39, 0.29) is 12.4 Å². The van der Waals surface area contributed by atoms with Crippen molar-refractivity contribution in [3.05, 3.63) is 41.3 Å². The zero-order valence-electron chi connectivity index (χ0n) is 9.37. The van der Waals surface area contributed by atoms with Gasteiger partial charge < -0.3 is 5.11 Å². The summed E-state index contributed by atoms with van der Waals surface area (Å²) in [5.41, 5.74) is 2.38. The van der Waals surface area contributed by atoms with Gasteiger partial charge in [-0.15, -0.1) is 0 Å². The van der Waals surface area contributed by atoms with Crippen LogP contribution < -0.4 is 0 Å². The molecule has 1 N–H and O–H groups in total. The minimum Gasteiger partial charge on any atom is -0.392 e. The molecule has 0 aliphatic rings. The Balaban J connectivity index is 2.73. The summed E-state index contributed by atoms with van der Waals surface area (Å²) in [6.45, 7) is 3.99. The van der Waals surface area contributed by atoms with Crippen molar-refractivity contribution < 1.29 is 9.50 Å². The molecule has 1 heterocycles. The maximum atomic E-state index is 13.1. The van der Waals surface area contributed by atoms with Crippen LogP contribution in [0.5, 0.6) is 0 Å². The van der Waals surface area contributed by atoms with E-state index in [9.17, 15) is 9.50 Å². The summed E-state index contributed by atoms with van der Waals surface area (Å²) in [5, 5.41) is 9.97. The molecule has 0 saturated heterocycles. The van der Waals surface area contributed by atoms with Gasteiger partial charge in [-0.3, -0.25) is 4.98 Å². The van der Waals surface area contributed by atoms with Gasteiger partial charge in [0.2, 0.25) is 0 Å². The Hall–Kier alpha value is -1.48. The molecule has 0 radical (unpaired) electrons. The molecule has 2 nitrogen and oxygen atoms in total. The molecule has 0 unspecified atom stereocenters. The summed E-state index contributed by atoms with van der Waals surface area (Å²) in [4.78, 5) is 4.45. The molecule has 0 spiro atoms. The van der Waals surface area contributed by atoms with Gasteiger partial charge >= 0.3 is 0 Å². The minimum atomic E-state index is -0.304. The molecule has 2 rings (SSSR count). The molecule has 0 aliphatic carbocycles. The van der Waals surface area contributed by atoms with E-state index >= 15 is 0 Å². The number of aliphatic hydroxyl groups is 1. The summed E-state index contributed by atoms with van der Waals surface area (Å²) in [5.74, 6) is -0.0129. The normalized spacial score (nSPS) is 11.3. The first-order valence-corrected chi connectivity index (χ1v) is 5.31. The number of rotatable bonds is 2. The van der Waals surface area contributed by atoms with Crippen LogP contribution in [0.3, 0.4) is 0 Å². The Morgan fingerprint density at radius 3 is 2.69 bits per heavy atom. The number of fused-ring (bicyclic) bond motifs is 1. The Kier molecular flexibility index (Phi) is 2.88. The Morgan fingerprint density at radius 1 is 1.31 bits per heavy atom. The second kappa shape index (κ2) is 4.18. The van der Waals surface area contributed by atoms with Crippen molar-refractivity contribution in [3.8, 4) is 0 Å². The number of aromatic nitrogens is 1. The van der Waals surface area contributed by atoms with E-state index < -0.39 is 0 Å². The van der Waals surface area contributed by atoms with E-state index in [1.54, 1.807) is 6.07 Å². The zero-order valence-corrected chi connectivity index (χ0v) is 9.37. The van der Waals surface area contributed by atoms with E-state index in [0.29, 0.717) is 11.3 Å². The van der Waals surface area contributed by atoms with Gasteiger partial charge in [0.1, 0.15) is 5.82 Å². The molecule has 0 aliphatic heterocycles. The van der Waals surface area contributed by atoms with E-state index in [2.05, 4.69) is 4.98 Å². The van der Waals surface area contributed by atoms with Crippen molar-refractivity contribution in [2.75, 3.05) is 0 Å². The third-order valence-electron chi connectivity index (χ3n) is 2.64. The molecule has 2 aromatic rings. The lowest BCUT2D eigenvalue weighted by molar-refractivity contribution is 0.283. The molecule has 0 amide bonds. The standard InChI is InChI=1S/C13H14FNO/c1-8(2)13-5-9(7-16)11-6-10(14)3-4-12(11)15-13/h3-6,8,16H,7H2,1-2H3. The van der Waals surface area contributed by atoms with Crippen LogP contribution in [0.4, 0.5) is 4.39 Å². The maximum absolute atomic E-state index is 13.1. The van der Waals surface area contributed by atoms with E-state index in [0.717, 1.165) is 16.8 Å². The van der Waals surface area contributed by atoms with Gasteiger partial charge in [0.05, 0.1) is 12.1 Å². The second-order valence-electron chi connectivity index (χ2n) is 4.18. The predicted octanol–water partition coefficient (Wildman–Crippen LogP) is 2.99. The monoisotopic (exact) mass is 219 g/mol. The van der Waals surface area contributed by atoms with Crippen LogP contribution in [0.1, 0.15) is 31.0 Å². The topological polar surface area (TPSA) is 33.1 Å². The van der Waals surface area contributed by atoms with Crippen molar-refractivity contribution >= 4 is 10.9 Å². The summed E-state index contributed by atoms with van der Waals surface area (Å²) < 4.78 is 13.1. The van der Waals surface area contributed by atoms with Gasteiger partial charge in [-0.25, -0.2) is 4.39 Å². The Morgan fingerprint density at radius 2 is 2.06 bits per heavy atom. The lowest BCUT2D eigenvalue weighted by Gasteiger charge is -2.10. The predicted molar refractivity (Wildman–Crippen MR) is 61.7 cm³/mol. The quantitative estimate of drug-likeness (QED) is 0.842. The van der Waals surface area contributed by atoms with E-state index in [1.165, 1.54) is 12.1 Å². The smallest absolute Gasteiger partial charge is 0.123 e. The van der Waals surface area contributed by atoms with E-state index in [1.807, 2.05) is 19.9 Å². The largest absolute Gasteiger partial charge is 0.392 e. The number of nitrogens with zero attached hydrogens (tertiary/aromatic N) is 1. The first-order chi connectivity index (χ1) is 7.61. The zero-order chi connectivity index (χ0) is 11.7. The van der Waals surface area contributed by atoms with Crippen LogP contribution in [0, 0.1) is 5.82 Å². The number of aliphatic hydroxyl groups excluding tert-OH is 1. The van der Waals surface area contributed by atoms with Gasteiger partial charge in [0, 0.05) is 11.1 Å². The molecule has 0 bridgehead atoms. The van der Waals surface area contributed by atoms with Crippen LogP contribution in [-0.2, 0) is 6.61 Å². The average Bonchev–Trinajstić information content (AvgIpc) is 2.27. The molecule has 16 heavy (non-hydrogen) atoms. The first kappa shape index (κ1) is 11.0. The second-order valence-corrected chi connectivity index (χ2v) is 4.18. The van der Waals surface area contributed by atoms with Gasteiger partial charge in [-0.05, 0) is 35.7 Å². The fourth-order valence-electron chi connectivity index (χ4n) is 1.72. The number of hydrogen-bond donors (Lipinski definition) is 1. The highest BCUT2D eigenvalue weighted by atomic mass is 19.1. The van der Waals surface area contributed by atoms with Crippen LogP contribution >= 0.6 is 0 Å². The van der Waals surface area contributed by atoms with Crippen LogP contribution in [0.2, 0.25) is 0 Å². The lowest BCUT2D eigenvalue weighted by atomic mass is 10.0. The van der Waals surface area contributed by atoms with Crippen LogP contribution in [-0.4, -0.2) is 10.1 Å². The van der Waals surface area contributed by atoms with Gasteiger partial charge in [-0.2, -0.15) is 0 Å². The number of hydrogen-bond acceptors (Lipinski definition) is 2. The number of pyridine rings is 1. The number of benzene rings is 1. The fraction of sp³-hybridized carbons (Fsp3) is 0.308. The van der Waals surface area contributed by atoms with Crippen molar-refractivity contribution in [1.29, 1.82) is 0 Å². The van der Waals surface area contributed by atoms with Crippen molar-refractivity contribution in [2.45, 2.75) is 26.4 Å². The Bertz CT molecular complexity index is 523. The maximum Gasteiger partial charge on any atom is 0.123 e. The highest BCUT2D eigenvalue weighted by Gasteiger charge is 2.08. The highest BCUT2D eigenvalue weighted by Crippen LogP contribution is 2.23. The van der Waals surface area contributed by atoms with Crippen molar-refractivity contribution in [1.82, 2.24) is 4.98 Å². The van der Waals surface area contributed by atoms with Crippen LogP contribution in [0.15, 0.2) is 24.3 Å². The minimum absolute atomic E-state index is 0.0950. The van der Waals surface area contributed by atoms with Crippen molar-refractivity contribution in [2.24, 2.45) is 0 Å². The third kappa shape index (κ3) is 1.91. The summed E-state index contributed by atoms with van der Waals surface area (Å²) in [7, 11) is 0.